The van der Waals surface area contributed by atoms with E-state index in [-0.39, 0.29) is 30.7 Å². The Balaban J connectivity index is 1.33. The lowest BCUT2D eigenvalue weighted by Gasteiger charge is -2.33. The molecule has 2 saturated heterocycles. The van der Waals surface area contributed by atoms with Crippen LogP contribution in [-0.4, -0.2) is 56.4 Å². The van der Waals surface area contributed by atoms with Crippen LogP contribution in [0, 0.1) is 5.82 Å². The largest absolute Gasteiger partial charge is 0.322 e. The van der Waals surface area contributed by atoms with Crippen molar-refractivity contribution in [3.8, 4) is 0 Å². The molecule has 32 heavy (non-hydrogen) atoms. The van der Waals surface area contributed by atoms with Crippen LogP contribution in [0.4, 0.5) is 4.39 Å². The topological polar surface area (TPSA) is 87.5 Å². The molecule has 0 radical (unpaired) electrons. The normalized spacial score (nSPS) is 22.4. The second-order valence-electron chi connectivity index (χ2n) is 8.92. The van der Waals surface area contributed by atoms with Gasteiger partial charge < -0.3 is 4.90 Å². The van der Waals surface area contributed by atoms with Crippen LogP contribution in [0.25, 0.3) is 0 Å². The summed E-state index contributed by atoms with van der Waals surface area (Å²) in [5.74, 6) is -1.36. The van der Waals surface area contributed by atoms with Gasteiger partial charge in [0, 0.05) is 38.3 Å². The number of hydrogen-bond acceptors (Lipinski definition) is 5. The molecule has 8 nitrogen and oxygen atoms in total. The molecule has 5 rings (SSSR count). The first kappa shape index (κ1) is 20.8. The Morgan fingerprint density at radius 3 is 2.62 bits per heavy atom. The maximum absolute atomic E-state index is 14.5. The number of carbonyl (C=O) groups excluding carboxylic acids is 3. The lowest BCUT2D eigenvalue weighted by molar-refractivity contribution is -0.136. The Kier molecular flexibility index (Phi) is 5.28. The molecule has 1 unspecified atom stereocenters. The number of likely N-dealkylation sites (tertiary alicyclic amines) is 1. The van der Waals surface area contributed by atoms with E-state index in [9.17, 15) is 18.8 Å². The van der Waals surface area contributed by atoms with Crippen LogP contribution in [-0.2, 0) is 29.7 Å². The number of benzene rings is 1. The number of imide groups is 1. The van der Waals surface area contributed by atoms with E-state index in [1.54, 1.807) is 12.3 Å². The third kappa shape index (κ3) is 3.70. The standard InChI is InChI=1S/C23H26FN5O3/c1-27-16(4-7-25-27)12-28-8-5-14(6-9-28)17-10-15(24)11-18-19(17)13-29(23(18)32)20-2-3-21(30)26-22(20)31/h4,7,10-11,14,20H,2-3,5-6,8-9,12-13H2,1H3,(H,26,30,31). The molecule has 2 aromatic rings. The third-order valence-electron chi connectivity index (χ3n) is 6.99. The molecule has 4 heterocycles. The van der Waals surface area contributed by atoms with E-state index < -0.39 is 17.8 Å². The van der Waals surface area contributed by atoms with Crippen LogP contribution in [0.5, 0.6) is 0 Å². The maximum Gasteiger partial charge on any atom is 0.255 e. The van der Waals surface area contributed by atoms with Crippen LogP contribution in [0.3, 0.4) is 0 Å². The SMILES string of the molecule is Cn1nccc1CN1CCC(c2cc(F)cc3c2CN(C2CCC(=O)NC2=O)C3=O)CC1. The zero-order valence-electron chi connectivity index (χ0n) is 18.0. The molecule has 3 amide bonds. The number of carbonyl (C=O) groups is 3. The van der Waals surface area contributed by atoms with Crippen molar-refractivity contribution in [2.24, 2.45) is 7.05 Å². The van der Waals surface area contributed by atoms with Crippen molar-refractivity contribution < 1.29 is 18.8 Å². The van der Waals surface area contributed by atoms with Gasteiger partial charge in [-0.2, -0.15) is 5.10 Å². The van der Waals surface area contributed by atoms with Gasteiger partial charge in [0.25, 0.3) is 5.91 Å². The summed E-state index contributed by atoms with van der Waals surface area (Å²) >= 11 is 0. The van der Waals surface area contributed by atoms with Crippen molar-refractivity contribution in [2.75, 3.05) is 13.1 Å². The van der Waals surface area contributed by atoms with Gasteiger partial charge in [-0.05, 0) is 67.6 Å². The first-order chi connectivity index (χ1) is 15.4. The van der Waals surface area contributed by atoms with Crippen molar-refractivity contribution in [3.05, 3.63) is 52.6 Å². The van der Waals surface area contributed by atoms with Crippen LogP contribution >= 0.6 is 0 Å². The highest BCUT2D eigenvalue weighted by Crippen LogP contribution is 2.37. The summed E-state index contributed by atoms with van der Waals surface area (Å²) in [5, 5.41) is 6.53. The molecule has 3 aliphatic heterocycles. The summed E-state index contributed by atoms with van der Waals surface area (Å²) in [4.78, 5) is 40.7. The fourth-order valence-electron chi connectivity index (χ4n) is 5.21. The van der Waals surface area contributed by atoms with E-state index >= 15 is 0 Å². The summed E-state index contributed by atoms with van der Waals surface area (Å²) in [6.07, 6.45) is 4.05. The molecule has 0 bridgehead atoms. The summed E-state index contributed by atoms with van der Waals surface area (Å²) in [7, 11) is 1.93. The van der Waals surface area contributed by atoms with Crippen molar-refractivity contribution in [1.82, 2.24) is 24.9 Å². The lowest BCUT2D eigenvalue weighted by Crippen LogP contribution is -2.52. The van der Waals surface area contributed by atoms with E-state index in [0.717, 1.165) is 49.3 Å². The Morgan fingerprint density at radius 2 is 1.94 bits per heavy atom. The number of fused-ring (bicyclic) bond motifs is 1. The van der Waals surface area contributed by atoms with Gasteiger partial charge >= 0.3 is 0 Å². The lowest BCUT2D eigenvalue weighted by atomic mass is 9.85. The Morgan fingerprint density at radius 1 is 1.16 bits per heavy atom. The fraction of sp³-hybridized carbons (Fsp3) is 0.478. The van der Waals surface area contributed by atoms with Crippen LogP contribution in [0.15, 0.2) is 24.4 Å². The van der Waals surface area contributed by atoms with Gasteiger partial charge in [-0.15, -0.1) is 0 Å². The zero-order chi connectivity index (χ0) is 22.4. The maximum atomic E-state index is 14.5. The molecule has 168 valence electrons. The van der Waals surface area contributed by atoms with E-state index in [0.29, 0.717) is 12.0 Å². The average Bonchev–Trinajstić information content (AvgIpc) is 3.31. The Labute approximate surface area is 185 Å². The minimum atomic E-state index is -0.691. The molecule has 1 aromatic carbocycles. The van der Waals surface area contributed by atoms with Crippen LogP contribution < -0.4 is 5.32 Å². The zero-order valence-corrected chi connectivity index (χ0v) is 18.0. The number of nitrogens with one attached hydrogen (secondary N) is 1. The van der Waals surface area contributed by atoms with Crippen molar-refractivity contribution in [3.63, 3.8) is 0 Å². The van der Waals surface area contributed by atoms with Gasteiger partial charge in [0.2, 0.25) is 11.8 Å². The second-order valence-corrected chi connectivity index (χ2v) is 8.92. The average molecular weight is 439 g/mol. The first-order valence-electron chi connectivity index (χ1n) is 11.1. The van der Waals surface area contributed by atoms with Crippen LogP contribution in [0.1, 0.15) is 58.8 Å². The highest BCUT2D eigenvalue weighted by molar-refractivity contribution is 6.05. The molecular weight excluding hydrogens is 413 g/mol. The highest BCUT2D eigenvalue weighted by atomic mass is 19.1. The van der Waals surface area contributed by atoms with E-state index in [4.69, 9.17) is 0 Å². The number of aromatic nitrogens is 2. The minimum absolute atomic E-state index is 0.164. The molecule has 1 aromatic heterocycles. The van der Waals surface area contributed by atoms with Crippen molar-refractivity contribution in [2.45, 2.75) is 50.7 Å². The fourth-order valence-corrected chi connectivity index (χ4v) is 5.21. The predicted octanol–water partition coefficient (Wildman–Crippen LogP) is 1.70. The monoisotopic (exact) mass is 439 g/mol. The van der Waals surface area contributed by atoms with E-state index in [1.165, 1.54) is 11.0 Å². The minimum Gasteiger partial charge on any atom is -0.322 e. The molecule has 0 aliphatic carbocycles. The molecular formula is C23H26FN5O3. The highest BCUT2D eigenvalue weighted by Gasteiger charge is 2.41. The van der Waals surface area contributed by atoms with Gasteiger partial charge in [-0.25, -0.2) is 4.39 Å². The molecule has 9 heteroatoms. The smallest absolute Gasteiger partial charge is 0.255 e. The van der Waals surface area contributed by atoms with Gasteiger partial charge in [0.1, 0.15) is 11.9 Å². The molecule has 0 saturated carbocycles. The van der Waals surface area contributed by atoms with E-state index in [2.05, 4.69) is 15.3 Å². The first-order valence-corrected chi connectivity index (χ1v) is 11.1. The number of piperidine rings is 2. The molecule has 3 aliphatic rings. The van der Waals surface area contributed by atoms with Crippen molar-refractivity contribution in [1.29, 1.82) is 0 Å². The number of hydrogen-bond donors (Lipinski definition) is 1. The molecule has 1 N–H and O–H groups in total. The van der Waals surface area contributed by atoms with Crippen LogP contribution in [0.2, 0.25) is 0 Å². The number of rotatable bonds is 4. The number of nitrogens with zero attached hydrogens (tertiary/aromatic N) is 4. The van der Waals surface area contributed by atoms with Gasteiger partial charge in [-0.3, -0.25) is 29.3 Å². The van der Waals surface area contributed by atoms with Gasteiger partial charge in [0.15, 0.2) is 0 Å². The van der Waals surface area contributed by atoms with Gasteiger partial charge in [0.05, 0.1) is 5.69 Å². The molecule has 2 fully saturated rings. The third-order valence-corrected chi connectivity index (χ3v) is 6.99. The molecule has 1 atom stereocenters. The predicted molar refractivity (Wildman–Crippen MR) is 113 cm³/mol. The van der Waals surface area contributed by atoms with E-state index in [1.807, 2.05) is 17.8 Å². The Bertz CT molecular complexity index is 1090. The summed E-state index contributed by atoms with van der Waals surface area (Å²) in [6.45, 7) is 2.87. The van der Waals surface area contributed by atoms with Crippen molar-refractivity contribution >= 4 is 17.7 Å². The summed E-state index contributed by atoms with van der Waals surface area (Å²) in [6, 6.07) is 4.16. The number of amides is 3. The molecule has 0 spiro atoms. The number of halogens is 1. The Hall–Kier alpha value is -3.07. The summed E-state index contributed by atoms with van der Waals surface area (Å²) < 4.78 is 16.4. The second kappa shape index (κ2) is 8.12. The summed E-state index contributed by atoms with van der Waals surface area (Å²) in [5.41, 5.74) is 3.21. The number of aryl methyl sites for hydroxylation is 1. The quantitative estimate of drug-likeness (QED) is 0.733. The van der Waals surface area contributed by atoms with Gasteiger partial charge in [-0.1, -0.05) is 0 Å².